The van der Waals surface area contributed by atoms with E-state index in [-0.39, 0.29) is 31.4 Å². The smallest absolute Gasteiger partial charge is 0.464 e. The van der Waals surface area contributed by atoms with Gasteiger partial charge in [0.2, 0.25) is 0 Å². The zero-order valence-electron chi connectivity index (χ0n) is 35.1. The molecule has 0 amide bonds. The fraction of sp³-hybridized carbons (Fsp3) is 0.244. The Kier molecular flexibility index (Phi) is 14.5. The van der Waals surface area contributed by atoms with Crippen LogP contribution >= 0.6 is 54.5 Å². The molecule has 14 nitrogen and oxygen atoms in total. The lowest BCUT2D eigenvalue weighted by atomic mass is 9.82. The van der Waals surface area contributed by atoms with Crippen molar-refractivity contribution < 1.29 is 28.4 Å². The lowest BCUT2D eigenvalue weighted by molar-refractivity contribution is 0.00578. The van der Waals surface area contributed by atoms with E-state index in [0.29, 0.717) is 5.69 Å². The Morgan fingerprint density at radius 3 is 1.62 bits per heavy atom. The van der Waals surface area contributed by atoms with Crippen LogP contribution in [0.3, 0.4) is 0 Å². The second kappa shape index (κ2) is 19.3. The van der Waals surface area contributed by atoms with Gasteiger partial charge in [-0.1, -0.05) is 57.5 Å². The van der Waals surface area contributed by atoms with E-state index in [1.807, 2.05) is 139 Å². The first-order valence-electron chi connectivity index (χ1n) is 19.2. The van der Waals surface area contributed by atoms with Crippen LogP contribution in [0.4, 0.5) is 0 Å². The number of nitrogens with zero attached hydrogens (tertiary/aromatic N) is 8. The molecule has 9 rings (SSSR count). The summed E-state index contributed by atoms with van der Waals surface area (Å²) >= 11 is 9.14. The van der Waals surface area contributed by atoms with E-state index in [4.69, 9.17) is 18.8 Å². The summed E-state index contributed by atoms with van der Waals surface area (Å²) in [4.78, 5) is 24.2. The van der Waals surface area contributed by atoms with Gasteiger partial charge in [0.25, 0.3) is 0 Å². The van der Waals surface area contributed by atoms with Gasteiger partial charge >= 0.3 is 19.1 Å². The number of hydrogen-bond acceptors (Lipinski definition) is 10. The number of fused-ring (bicyclic) bond motifs is 2. The number of aryl methyl sites for hydroxylation is 2. The Hall–Kier alpha value is -5.15. The highest BCUT2D eigenvalue weighted by Gasteiger charge is 2.52. The average Bonchev–Trinajstić information content (AvgIpc) is 4.07. The summed E-state index contributed by atoms with van der Waals surface area (Å²) in [5.41, 5.74) is 6.38. The predicted molar refractivity (Wildman–Crippen MR) is 261 cm³/mol. The summed E-state index contributed by atoms with van der Waals surface area (Å²) in [6.07, 6.45) is 7.42. The molecule has 0 spiro atoms. The fourth-order valence-electron chi connectivity index (χ4n) is 6.60. The molecule has 326 valence electrons. The van der Waals surface area contributed by atoms with Gasteiger partial charge in [-0.3, -0.25) is 9.36 Å². The fourth-order valence-corrected chi connectivity index (χ4v) is 7.87. The topological polar surface area (TPSA) is 142 Å². The first kappa shape index (κ1) is 47.3. The van der Waals surface area contributed by atoms with Crippen molar-refractivity contribution in [2.45, 2.75) is 46.3 Å². The number of halogens is 3. The van der Waals surface area contributed by atoms with Crippen LogP contribution in [0.25, 0.3) is 44.3 Å². The summed E-state index contributed by atoms with van der Waals surface area (Å²) in [5, 5.41) is 18.8. The normalized spacial score (nSPS) is 13.7. The lowest BCUT2D eigenvalue weighted by Crippen LogP contribution is -2.41. The predicted octanol–water partition coefficient (Wildman–Crippen LogP) is 9.51. The van der Waals surface area contributed by atoms with Crippen molar-refractivity contribution in [3.63, 3.8) is 0 Å². The van der Waals surface area contributed by atoms with Gasteiger partial charge < -0.3 is 18.8 Å². The molecule has 0 unspecified atom stereocenters. The zero-order chi connectivity index (χ0) is 44.5. The zero-order valence-corrected chi connectivity index (χ0v) is 40.5. The van der Waals surface area contributed by atoms with Crippen LogP contribution in [0.5, 0.6) is 0 Å². The molecule has 4 aromatic carbocycles. The second-order valence-corrected chi connectivity index (χ2v) is 18.4. The first-order valence-corrected chi connectivity index (χ1v) is 21.9. The SMILES string of the molecule is C.COC(=O)c1nn(-c2cccc(Br)c2)c2ccc(-c3cnn(C)c3)cc12.COC(=O)c1nn(-c2cccc(Br)c2)c2ccc(I)cc12.Cn1cc(B2OC(C)(C)C(C)(C)O2)cn1. The minimum absolute atomic E-state index is 0. The maximum Gasteiger partial charge on any atom is 0.498 e. The van der Waals surface area contributed by atoms with Crippen LogP contribution in [0, 0.1) is 3.57 Å². The van der Waals surface area contributed by atoms with E-state index < -0.39 is 11.9 Å². The summed E-state index contributed by atoms with van der Waals surface area (Å²) in [5.74, 6) is -0.900. The van der Waals surface area contributed by atoms with Crippen LogP contribution in [0.15, 0.2) is 119 Å². The molecule has 4 aromatic heterocycles. The minimum atomic E-state index is -0.466. The number of esters is 2. The summed E-state index contributed by atoms with van der Waals surface area (Å²) in [7, 11) is 6.17. The average molecular weight is 1090 g/mol. The van der Waals surface area contributed by atoms with Crippen molar-refractivity contribution in [3.8, 4) is 22.5 Å². The van der Waals surface area contributed by atoms with Crippen LogP contribution in [-0.2, 0) is 32.9 Å². The van der Waals surface area contributed by atoms with Crippen molar-refractivity contribution in [3.05, 3.63) is 134 Å². The van der Waals surface area contributed by atoms with Crippen LogP contribution in [-0.4, -0.2) is 83.6 Å². The van der Waals surface area contributed by atoms with E-state index in [1.54, 1.807) is 31.1 Å². The Morgan fingerprint density at radius 2 is 1.16 bits per heavy atom. The van der Waals surface area contributed by atoms with Crippen LogP contribution < -0.4 is 5.46 Å². The second-order valence-electron chi connectivity index (χ2n) is 15.3. The van der Waals surface area contributed by atoms with Gasteiger partial charge in [-0.25, -0.2) is 19.0 Å². The molecule has 0 aliphatic carbocycles. The molecule has 1 fully saturated rings. The van der Waals surface area contributed by atoms with Gasteiger partial charge in [0.15, 0.2) is 11.4 Å². The largest absolute Gasteiger partial charge is 0.498 e. The number of carbonyl (C=O) groups excluding carboxylic acids is 2. The number of methoxy groups -OCH3 is 2. The Morgan fingerprint density at radius 1 is 0.667 bits per heavy atom. The molecule has 8 aromatic rings. The van der Waals surface area contributed by atoms with Gasteiger partial charge in [-0.15, -0.1) is 0 Å². The molecule has 1 aliphatic heterocycles. The van der Waals surface area contributed by atoms with E-state index in [1.165, 1.54) is 14.2 Å². The molecule has 5 heterocycles. The van der Waals surface area contributed by atoms with E-state index in [2.05, 4.69) is 74.8 Å². The highest BCUT2D eigenvalue weighted by Crippen LogP contribution is 2.36. The molecule has 0 N–H and O–H groups in total. The molecular weight excluding hydrogens is 1050 g/mol. The number of hydrogen-bond donors (Lipinski definition) is 0. The van der Waals surface area contributed by atoms with E-state index in [0.717, 1.165) is 62.3 Å². The molecule has 0 bridgehead atoms. The van der Waals surface area contributed by atoms with E-state index >= 15 is 0 Å². The minimum Gasteiger partial charge on any atom is -0.464 e. The maximum atomic E-state index is 12.3. The number of ether oxygens (including phenoxy) is 2. The maximum absolute atomic E-state index is 12.3. The van der Waals surface area contributed by atoms with Crippen molar-refractivity contribution in [1.82, 2.24) is 39.1 Å². The number of benzene rings is 4. The highest BCUT2D eigenvalue weighted by molar-refractivity contribution is 14.1. The van der Waals surface area contributed by atoms with Crippen molar-refractivity contribution in [2.24, 2.45) is 14.1 Å². The van der Waals surface area contributed by atoms with Crippen molar-refractivity contribution >= 4 is 101 Å². The first-order chi connectivity index (χ1) is 29.5. The van der Waals surface area contributed by atoms with Gasteiger partial charge in [0.05, 0.1) is 54.0 Å². The lowest BCUT2D eigenvalue weighted by Gasteiger charge is -2.32. The van der Waals surface area contributed by atoms with Gasteiger partial charge in [-0.2, -0.15) is 20.4 Å². The summed E-state index contributed by atoms with van der Waals surface area (Å²) in [6, 6.07) is 27.3. The molecule has 1 aliphatic rings. The third-order valence-corrected chi connectivity index (χ3v) is 12.1. The Balaban J connectivity index is 0.000000162. The van der Waals surface area contributed by atoms with E-state index in [9.17, 15) is 9.59 Å². The monoisotopic (exact) mass is 1090 g/mol. The number of carbonyl (C=O) groups is 2. The summed E-state index contributed by atoms with van der Waals surface area (Å²) in [6.45, 7) is 8.18. The molecule has 0 radical (unpaired) electrons. The molecular formula is C45H46BBr2IN8O6. The van der Waals surface area contributed by atoms with Crippen molar-refractivity contribution in [2.75, 3.05) is 14.2 Å². The van der Waals surface area contributed by atoms with Crippen LogP contribution in [0.1, 0.15) is 56.1 Å². The number of rotatable bonds is 6. The molecule has 0 saturated carbocycles. The third kappa shape index (κ3) is 10.1. The molecule has 1 saturated heterocycles. The Labute approximate surface area is 396 Å². The molecule has 0 atom stereocenters. The van der Waals surface area contributed by atoms with Gasteiger partial charge in [-0.05, 0) is 123 Å². The molecule has 63 heavy (non-hydrogen) atoms. The molecule has 18 heteroatoms. The number of aromatic nitrogens is 8. The Bertz CT molecular complexity index is 2930. The standard InChI is InChI=1S/C19H15BrN4O2.C15H10BrIN2O2.C10H17BN2O2.CH4/c1-23-11-13(10-21-23)12-6-7-17-16(8-12)18(19(25)26-2)22-24(17)15-5-3-4-14(20)9-15;1-21-15(20)14-12-8-10(17)5-6-13(12)19(18-14)11-4-2-3-9(16)7-11;1-9(2)10(3,4)15-11(14-9)8-6-12-13(5)7-8;/h3-11H,1-2H3;2-8H,1H3;6-7H,1-5H3;1H4. The third-order valence-electron chi connectivity index (χ3n) is 10.5. The van der Waals surface area contributed by atoms with Crippen molar-refractivity contribution in [1.29, 1.82) is 0 Å². The quantitative estimate of drug-likeness (QED) is 0.0898. The van der Waals surface area contributed by atoms with Gasteiger partial charge in [0.1, 0.15) is 0 Å². The summed E-state index contributed by atoms with van der Waals surface area (Å²) < 4.78 is 31.5. The highest BCUT2D eigenvalue weighted by atomic mass is 127. The van der Waals surface area contributed by atoms with Crippen LogP contribution in [0.2, 0.25) is 0 Å². The van der Waals surface area contributed by atoms with Gasteiger partial charge in [0, 0.05) is 67.0 Å².